The van der Waals surface area contributed by atoms with E-state index < -0.39 is 65.6 Å². The summed E-state index contributed by atoms with van der Waals surface area (Å²) >= 11 is 0. The maximum Gasteiger partial charge on any atom is 0.296 e. The van der Waals surface area contributed by atoms with E-state index >= 15 is 0 Å². The Labute approximate surface area is 195 Å². The minimum absolute atomic E-state index is 0.0325. The number of methoxy groups -OCH3 is 1. The molecular formula is C21H27N3O10. The molecule has 0 aromatic heterocycles. The SMILES string of the molecule is COc1ccc(NC(=O)CNC(=O)[C@@H]2O[C@H]3OC(C)(C)O[C@@H]3[C@@H]3OC(C)(C)O[C@H]32)c([N+](=O)[O-])c1. The van der Waals surface area contributed by atoms with E-state index in [0.29, 0.717) is 0 Å². The summed E-state index contributed by atoms with van der Waals surface area (Å²) in [4.78, 5) is 36.0. The van der Waals surface area contributed by atoms with Crippen LogP contribution >= 0.6 is 0 Å². The normalized spacial score (nSPS) is 30.7. The Kier molecular flexibility index (Phi) is 6.25. The van der Waals surface area contributed by atoms with Gasteiger partial charge >= 0.3 is 0 Å². The lowest BCUT2D eigenvalue weighted by Gasteiger charge is -2.36. The molecule has 0 radical (unpaired) electrons. The van der Waals surface area contributed by atoms with Crippen molar-refractivity contribution in [3.8, 4) is 5.75 Å². The summed E-state index contributed by atoms with van der Waals surface area (Å²) in [7, 11) is 1.37. The Hall–Kier alpha value is -2.84. The molecule has 0 spiro atoms. The molecule has 2 amide bonds. The monoisotopic (exact) mass is 481 g/mol. The Bertz CT molecular complexity index is 997. The molecule has 3 aliphatic rings. The number of benzene rings is 1. The lowest BCUT2D eigenvalue weighted by molar-refractivity contribution is -0.384. The van der Waals surface area contributed by atoms with Crippen molar-refractivity contribution < 1.29 is 42.9 Å². The number of nitro groups is 1. The molecule has 2 N–H and O–H groups in total. The average Bonchev–Trinajstić information content (AvgIpc) is 3.25. The van der Waals surface area contributed by atoms with Crippen molar-refractivity contribution in [3.63, 3.8) is 0 Å². The Balaban J connectivity index is 1.42. The van der Waals surface area contributed by atoms with E-state index in [1.54, 1.807) is 27.7 Å². The molecule has 3 aliphatic heterocycles. The van der Waals surface area contributed by atoms with Crippen LogP contribution in [0.15, 0.2) is 18.2 Å². The standard InChI is InChI=1S/C21H27N3O10/c1-20(2)31-14-15(32-20)17-19(34-21(3,4)33-17)30-16(14)18(26)22-9-13(25)23-11-7-6-10(29-5)8-12(11)24(27)28/h6-8,14-17,19H,9H2,1-5H3,(H,22,26)(H,23,25)/t14-,15-,16-,17-,19+/m1/s1. The maximum atomic E-state index is 12.9. The van der Waals surface area contributed by atoms with Gasteiger partial charge in [0.15, 0.2) is 24.0 Å². The molecule has 0 bridgehead atoms. The van der Waals surface area contributed by atoms with Crippen LogP contribution in [0.5, 0.6) is 5.75 Å². The van der Waals surface area contributed by atoms with Gasteiger partial charge in [0.2, 0.25) is 5.91 Å². The third-order valence-electron chi connectivity index (χ3n) is 5.51. The van der Waals surface area contributed by atoms with Crippen LogP contribution in [-0.2, 0) is 33.3 Å². The molecule has 3 saturated heterocycles. The Morgan fingerprint density at radius 3 is 2.38 bits per heavy atom. The number of hydrogen-bond donors (Lipinski definition) is 2. The fourth-order valence-corrected chi connectivity index (χ4v) is 4.18. The highest BCUT2D eigenvalue weighted by atomic mass is 16.9. The first-order valence-corrected chi connectivity index (χ1v) is 10.7. The molecule has 13 nitrogen and oxygen atoms in total. The van der Waals surface area contributed by atoms with Crippen LogP contribution < -0.4 is 15.4 Å². The van der Waals surface area contributed by atoms with Gasteiger partial charge in [-0.1, -0.05) is 0 Å². The number of carbonyl (C=O) groups is 2. The molecule has 1 aromatic carbocycles. The molecular weight excluding hydrogens is 454 g/mol. The number of nitro benzene ring substituents is 1. The number of hydrogen-bond acceptors (Lipinski definition) is 10. The largest absolute Gasteiger partial charge is 0.496 e. The molecule has 4 rings (SSSR count). The van der Waals surface area contributed by atoms with E-state index in [9.17, 15) is 19.7 Å². The van der Waals surface area contributed by atoms with Gasteiger partial charge in [-0.25, -0.2) is 0 Å². The van der Waals surface area contributed by atoms with Crippen LogP contribution in [0.2, 0.25) is 0 Å². The highest BCUT2D eigenvalue weighted by molar-refractivity contribution is 5.97. The van der Waals surface area contributed by atoms with Crippen LogP contribution in [-0.4, -0.2) is 72.7 Å². The summed E-state index contributed by atoms with van der Waals surface area (Å²) in [6.45, 7) is 6.42. The second-order valence-electron chi connectivity index (χ2n) is 9.00. The molecule has 34 heavy (non-hydrogen) atoms. The molecule has 5 atom stereocenters. The Morgan fingerprint density at radius 2 is 1.71 bits per heavy atom. The average molecular weight is 481 g/mol. The molecule has 3 heterocycles. The first-order chi connectivity index (χ1) is 15.9. The summed E-state index contributed by atoms with van der Waals surface area (Å²) in [5.74, 6) is -2.94. The number of nitrogens with one attached hydrogen (secondary N) is 2. The van der Waals surface area contributed by atoms with Crippen molar-refractivity contribution >= 4 is 23.2 Å². The summed E-state index contributed by atoms with van der Waals surface area (Å²) in [5, 5.41) is 16.2. The van der Waals surface area contributed by atoms with Crippen LogP contribution in [0.4, 0.5) is 11.4 Å². The van der Waals surface area contributed by atoms with E-state index in [-0.39, 0.29) is 17.1 Å². The number of ether oxygens (including phenoxy) is 6. The van der Waals surface area contributed by atoms with Crippen molar-refractivity contribution in [1.82, 2.24) is 5.32 Å². The van der Waals surface area contributed by atoms with Gasteiger partial charge in [0.05, 0.1) is 24.6 Å². The topological polar surface area (TPSA) is 157 Å². The molecule has 186 valence electrons. The zero-order valence-corrected chi connectivity index (χ0v) is 19.4. The number of carbonyl (C=O) groups excluding carboxylic acids is 2. The number of amides is 2. The molecule has 0 aliphatic carbocycles. The van der Waals surface area contributed by atoms with Crippen molar-refractivity contribution in [2.75, 3.05) is 19.0 Å². The summed E-state index contributed by atoms with van der Waals surface area (Å²) in [6, 6.07) is 4.00. The van der Waals surface area contributed by atoms with Crippen molar-refractivity contribution in [1.29, 1.82) is 0 Å². The van der Waals surface area contributed by atoms with E-state index in [4.69, 9.17) is 28.4 Å². The lowest BCUT2D eigenvalue weighted by atomic mass is 9.98. The van der Waals surface area contributed by atoms with Gasteiger partial charge in [0.25, 0.3) is 11.6 Å². The van der Waals surface area contributed by atoms with Crippen LogP contribution in [0.1, 0.15) is 27.7 Å². The molecule has 13 heteroatoms. The van der Waals surface area contributed by atoms with E-state index in [1.165, 1.54) is 25.3 Å². The number of anilines is 1. The lowest BCUT2D eigenvalue weighted by Crippen LogP contribution is -2.59. The first kappa shape index (κ1) is 24.3. The van der Waals surface area contributed by atoms with Gasteiger partial charge in [-0.3, -0.25) is 19.7 Å². The Morgan fingerprint density at radius 1 is 1.06 bits per heavy atom. The third kappa shape index (κ3) is 4.83. The smallest absolute Gasteiger partial charge is 0.296 e. The molecule has 0 unspecified atom stereocenters. The van der Waals surface area contributed by atoms with Crippen LogP contribution in [0.25, 0.3) is 0 Å². The zero-order valence-electron chi connectivity index (χ0n) is 19.4. The highest BCUT2D eigenvalue weighted by Gasteiger charge is 2.62. The van der Waals surface area contributed by atoms with Crippen molar-refractivity contribution in [2.45, 2.75) is 70.0 Å². The van der Waals surface area contributed by atoms with Gasteiger partial charge in [0, 0.05) is 0 Å². The van der Waals surface area contributed by atoms with Crippen molar-refractivity contribution in [3.05, 3.63) is 28.3 Å². The summed E-state index contributed by atoms with van der Waals surface area (Å²) < 4.78 is 34.3. The number of nitrogens with zero attached hydrogens (tertiary/aromatic N) is 1. The predicted molar refractivity (Wildman–Crippen MR) is 114 cm³/mol. The molecule has 0 saturated carbocycles. The highest BCUT2D eigenvalue weighted by Crippen LogP contribution is 2.44. The van der Waals surface area contributed by atoms with E-state index in [0.717, 1.165) is 0 Å². The number of fused-ring (bicyclic) bond motifs is 3. The maximum absolute atomic E-state index is 12.9. The van der Waals surface area contributed by atoms with E-state index in [2.05, 4.69) is 10.6 Å². The van der Waals surface area contributed by atoms with Crippen LogP contribution in [0.3, 0.4) is 0 Å². The zero-order chi connectivity index (χ0) is 24.8. The second-order valence-corrected chi connectivity index (χ2v) is 9.00. The van der Waals surface area contributed by atoms with Gasteiger partial charge in [-0.15, -0.1) is 0 Å². The van der Waals surface area contributed by atoms with Gasteiger partial charge in [-0.05, 0) is 39.8 Å². The summed E-state index contributed by atoms with van der Waals surface area (Å²) in [6.07, 6.45) is -4.00. The molecule has 3 fully saturated rings. The first-order valence-electron chi connectivity index (χ1n) is 10.7. The number of rotatable bonds is 6. The van der Waals surface area contributed by atoms with Gasteiger partial charge in [0.1, 0.15) is 29.7 Å². The minimum atomic E-state index is -1.13. The van der Waals surface area contributed by atoms with Gasteiger partial charge in [-0.2, -0.15) is 0 Å². The van der Waals surface area contributed by atoms with Crippen LogP contribution in [0, 0.1) is 10.1 Å². The quantitative estimate of drug-likeness (QED) is 0.445. The second kappa shape index (κ2) is 8.74. The van der Waals surface area contributed by atoms with Crippen molar-refractivity contribution in [2.24, 2.45) is 0 Å². The molecule has 1 aromatic rings. The minimum Gasteiger partial charge on any atom is -0.496 e. The fourth-order valence-electron chi connectivity index (χ4n) is 4.18. The predicted octanol–water partition coefficient (Wildman–Crippen LogP) is 1.05. The van der Waals surface area contributed by atoms with Gasteiger partial charge < -0.3 is 39.1 Å². The fraction of sp³-hybridized carbons (Fsp3) is 0.619. The summed E-state index contributed by atoms with van der Waals surface area (Å²) in [5.41, 5.74) is -0.377. The van der Waals surface area contributed by atoms with E-state index in [1.807, 2.05) is 0 Å². The third-order valence-corrected chi connectivity index (χ3v) is 5.51.